The van der Waals surface area contributed by atoms with Crippen LogP contribution >= 0.6 is 0 Å². The van der Waals surface area contributed by atoms with Gasteiger partial charge in [0.05, 0.1) is 5.75 Å². The van der Waals surface area contributed by atoms with Gasteiger partial charge in [-0.15, -0.1) is 0 Å². The molecule has 0 aromatic heterocycles. The van der Waals surface area contributed by atoms with E-state index >= 15 is 0 Å². The van der Waals surface area contributed by atoms with E-state index in [2.05, 4.69) is 23.5 Å². The first kappa shape index (κ1) is 17.4. The maximum absolute atomic E-state index is 12.4. The number of nitrogens with one attached hydrogen (secondary N) is 1. The van der Waals surface area contributed by atoms with E-state index in [4.69, 9.17) is 0 Å². The van der Waals surface area contributed by atoms with Crippen molar-refractivity contribution in [3.8, 4) is 0 Å². The third-order valence-electron chi connectivity index (χ3n) is 4.50. The molecule has 124 valence electrons. The molecule has 1 aliphatic rings. The van der Waals surface area contributed by atoms with Gasteiger partial charge >= 0.3 is 0 Å². The van der Waals surface area contributed by atoms with Crippen LogP contribution in [0.2, 0.25) is 0 Å². The van der Waals surface area contributed by atoms with E-state index in [1.54, 1.807) is 0 Å². The molecule has 1 fully saturated rings. The summed E-state index contributed by atoms with van der Waals surface area (Å²) in [6.07, 6.45) is 2.44. The van der Waals surface area contributed by atoms with Gasteiger partial charge in [-0.25, -0.2) is 13.1 Å². The van der Waals surface area contributed by atoms with Crippen LogP contribution in [0, 0.1) is 12.8 Å². The maximum Gasteiger partial charge on any atom is 0.215 e. The SMILES string of the molecule is Cc1ccccc1CS(=O)(=O)NCC(C(C)C)N1CCCC1. The number of aryl methyl sites for hydroxylation is 1. The quantitative estimate of drug-likeness (QED) is 0.838. The van der Waals surface area contributed by atoms with Crippen LogP contribution in [0.15, 0.2) is 24.3 Å². The highest BCUT2D eigenvalue weighted by molar-refractivity contribution is 7.88. The van der Waals surface area contributed by atoms with Crippen LogP contribution in [-0.2, 0) is 15.8 Å². The van der Waals surface area contributed by atoms with E-state index < -0.39 is 10.0 Å². The fourth-order valence-corrected chi connectivity index (χ4v) is 4.36. The Hall–Kier alpha value is -0.910. The summed E-state index contributed by atoms with van der Waals surface area (Å²) in [5.41, 5.74) is 1.89. The minimum atomic E-state index is -3.29. The van der Waals surface area contributed by atoms with Crippen LogP contribution in [0.5, 0.6) is 0 Å². The molecule has 22 heavy (non-hydrogen) atoms. The third-order valence-corrected chi connectivity index (χ3v) is 5.80. The molecule has 1 atom stereocenters. The number of hydrogen-bond donors (Lipinski definition) is 1. The van der Waals surface area contributed by atoms with Crippen molar-refractivity contribution < 1.29 is 8.42 Å². The lowest BCUT2D eigenvalue weighted by Crippen LogP contribution is -2.45. The number of hydrogen-bond acceptors (Lipinski definition) is 3. The zero-order chi connectivity index (χ0) is 16.2. The molecule has 0 aliphatic carbocycles. The lowest BCUT2D eigenvalue weighted by atomic mass is 10.0. The van der Waals surface area contributed by atoms with E-state index in [1.165, 1.54) is 12.8 Å². The molecule has 2 rings (SSSR count). The summed E-state index contributed by atoms with van der Waals surface area (Å²) < 4.78 is 27.6. The lowest BCUT2D eigenvalue weighted by molar-refractivity contribution is 0.193. The Morgan fingerprint density at radius 2 is 1.82 bits per heavy atom. The zero-order valence-corrected chi connectivity index (χ0v) is 14.7. The van der Waals surface area contributed by atoms with Gasteiger partial charge in [-0.05, 0) is 49.9 Å². The first-order valence-corrected chi connectivity index (χ1v) is 9.80. The first-order valence-electron chi connectivity index (χ1n) is 8.15. The molecule has 5 heteroatoms. The van der Waals surface area contributed by atoms with Gasteiger partial charge < -0.3 is 0 Å². The summed E-state index contributed by atoms with van der Waals surface area (Å²) in [4.78, 5) is 2.42. The number of rotatable bonds is 7. The van der Waals surface area contributed by atoms with Crippen LogP contribution in [0.3, 0.4) is 0 Å². The molecular formula is C17H28N2O2S. The van der Waals surface area contributed by atoms with Crippen molar-refractivity contribution in [1.82, 2.24) is 9.62 Å². The van der Waals surface area contributed by atoms with Crippen molar-refractivity contribution in [2.45, 2.75) is 45.4 Å². The van der Waals surface area contributed by atoms with E-state index in [-0.39, 0.29) is 11.8 Å². The molecule has 1 aromatic carbocycles. The van der Waals surface area contributed by atoms with Gasteiger partial charge in [0, 0.05) is 12.6 Å². The van der Waals surface area contributed by atoms with Gasteiger partial charge in [-0.2, -0.15) is 0 Å². The second-order valence-electron chi connectivity index (χ2n) is 6.59. The van der Waals surface area contributed by atoms with Crippen LogP contribution in [0.25, 0.3) is 0 Å². The standard InChI is InChI=1S/C17H28N2O2S/c1-14(2)17(19-10-6-7-11-19)12-18-22(20,21)13-16-9-5-4-8-15(16)3/h4-5,8-9,14,17-18H,6-7,10-13H2,1-3H3. The van der Waals surface area contributed by atoms with Crippen LogP contribution in [0.1, 0.15) is 37.8 Å². The second-order valence-corrected chi connectivity index (χ2v) is 8.40. The summed E-state index contributed by atoms with van der Waals surface area (Å²) in [5.74, 6) is 0.504. The molecular weight excluding hydrogens is 296 g/mol. The normalized spacial score (nSPS) is 18.0. The largest absolute Gasteiger partial charge is 0.299 e. The monoisotopic (exact) mass is 324 g/mol. The molecule has 0 amide bonds. The molecule has 1 unspecified atom stereocenters. The Kier molecular flexibility index (Phi) is 6.01. The van der Waals surface area contributed by atoms with Gasteiger partial charge in [-0.1, -0.05) is 38.1 Å². The van der Waals surface area contributed by atoms with Crippen LogP contribution in [-0.4, -0.2) is 39.0 Å². The van der Waals surface area contributed by atoms with Gasteiger partial charge in [0.1, 0.15) is 0 Å². The summed E-state index contributed by atoms with van der Waals surface area (Å²) >= 11 is 0. The van der Waals surface area contributed by atoms with Crippen molar-refractivity contribution >= 4 is 10.0 Å². The highest BCUT2D eigenvalue weighted by atomic mass is 32.2. The van der Waals surface area contributed by atoms with Crippen molar-refractivity contribution in [2.75, 3.05) is 19.6 Å². The Balaban J connectivity index is 1.97. The van der Waals surface area contributed by atoms with Gasteiger partial charge in [0.15, 0.2) is 0 Å². The highest BCUT2D eigenvalue weighted by Gasteiger charge is 2.26. The smallest absolute Gasteiger partial charge is 0.215 e. The molecule has 1 heterocycles. The summed E-state index contributed by atoms with van der Waals surface area (Å²) in [6.45, 7) is 8.96. The molecule has 4 nitrogen and oxygen atoms in total. The highest BCUT2D eigenvalue weighted by Crippen LogP contribution is 2.18. The van der Waals surface area contributed by atoms with E-state index in [0.717, 1.165) is 24.2 Å². The van der Waals surface area contributed by atoms with Gasteiger partial charge in [-0.3, -0.25) is 4.90 Å². The fraction of sp³-hybridized carbons (Fsp3) is 0.647. The molecule has 1 aromatic rings. The first-order chi connectivity index (χ1) is 10.4. The van der Waals surface area contributed by atoms with Crippen LogP contribution < -0.4 is 4.72 Å². The van der Waals surface area contributed by atoms with Crippen molar-refractivity contribution in [3.63, 3.8) is 0 Å². The summed E-state index contributed by atoms with van der Waals surface area (Å²) in [7, 11) is -3.29. The molecule has 1 saturated heterocycles. The second kappa shape index (κ2) is 7.57. The topological polar surface area (TPSA) is 49.4 Å². The van der Waals surface area contributed by atoms with Crippen molar-refractivity contribution in [1.29, 1.82) is 0 Å². The van der Waals surface area contributed by atoms with E-state index in [0.29, 0.717) is 12.5 Å². The minimum absolute atomic E-state index is 0.0600. The molecule has 0 radical (unpaired) electrons. The predicted molar refractivity (Wildman–Crippen MR) is 91.2 cm³/mol. The molecule has 0 saturated carbocycles. The average molecular weight is 324 g/mol. The molecule has 0 spiro atoms. The lowest BCUT2D eigenvalue weighted by Gasteiger charge is -2.31. The average Bonchev–Trinajstić information content (AvgIpc) is 2.95. The fourth-order valence-electron chi connectivity index (χ4n) is 3.10. The number of benzene rings is 1. The molecule has 0 bridgehead atoms. The van der Waals surface area contributed by atoms with Crippen molar-refractivity contribution in [3.05, 3.63) is 35.4 Å². The number of likely N-dealkylation sites (tertiary alicyclic amines) is 1. The predicted octanol–water partition coefficient (Wildman–Crippen LogP) is 2.53. The zero-order valence-electron chi connectivity index (χ0n) is 13.9. The Bertz CT molecular complexity index is 578. The third kappa shape index (κ3) is 4.80. The number of nitrogens with zero attached hydrogens (tertiary/aromatic N) is 1. The molecule has 1 aliphatic heterocycles. The Morgan fingerprint density at radius 1 is 1.18 bits per heavy atom. The Morgan fingerprint density at radius 3 is 2.41 bits per heavy atom. The summed E-state index contributed by atoms with van der Waals surface area (Å²) in [6, 6.07) is 7.94. The summed E-state index contributed by atoms with van der Waals surface area (Å²) in [5, 5.41) is 0. The maximum atomic E-state index is 12.4. The van der Waals surface area contributed by atoms with Crippen molar-refractivity contribution in [2.24, 2.45) is 5.92 Å². The number of sulfonamides is 1. The van der Waals surface area contributed by atoms with E-state index in [1.807, 2.05) is 31.2 Å². The van der Waals surface area contributed by atoms with Crippen LogP contribution in [0.4, 0.5) is 0 Å². The van der Waals surface area contributed by atoms with Gasteiger partial charge in [0.2, 0.25) is 10.0 Å². The van der Waals surface area contributed by atoms with E-state index in [9.17, 15) is 8.42 Å². The Labute approximate surface area is 135 Å². The molecule has 1 N–H and O–H groups in total. The minimum Gasteiger partial charge on any atom is -0.299 e. The van der Waals surface area contributed by atoms with Gasteiger partial charge in [0.25, 0.3) is 0 Å².